The first-order valence-electron chi connectivity index (χ1n) is 7.28. The molecule has 1 aromatic heterocycles. The van der Waals surface area contributed by atoms with Gasteiger partial charge in [0.2, 0.25) is 11.1 Å². The lowest BCUT2D eigenvalue weighted by Gasteiger charge is -2.06. The Morgan fingerprint density at radius 3 is 2.79 bits per heavy atom. The van der Waals surface area contributed by atoms with Gasteiger partial charge in [-0.05, 0) is 24.6 Å². The van der Waals surface area contributed by atoms with E-state index in [1.54, 1.807) is 19.1 Å². The fourth-order valence-electron chi connectivity index (χ4n) is 2.07. The number of aromatic amines is 1. The van der Waals surface area contributed by atoms with Gasteiger partial charge in [-0.25, -0.2) is 9.37 Å². The molecule has 7 heteroatoms. The zero-order valence-corrected chi connectivity index (χ0v) is 13.7. The molecule has 0 saturated heterocycles. The van der Waals surface area contributed by atoms with Crippen LogP contribution in [0.4, 0.5) is 10.1 Å². The molecule has 1 amide bonds. The van der Waals surface area contributed by atoms with Crippen molar-refractivity contribution in [1.29, 1.82) is 0 Å². The van der Waals surface area contributed by atoms with E-state index < -0.39 is 5.82 Å². The third-order valence-corrected chi connectivity index (χ3v) is 4.09. The molecule has 0 bridgehead atoms. The van der Waals surface area contributed by atoms with Gasteiger partial charge in [0.25, 0.3) is 0 Å². The van der Waals surface area contributed by atoms with Crippen molar-refractivity contribution in [2.24, 2.45) is 0 Å². The predicted molar refractivity (Wildman–Crippen MR) is 92.3 cm³/mol. The highest BCUT2D eigenvalue weighted by Crippen LogP contribution is 2.20. The SMILES string of the molecule is Cc1ccc(NC(=O)CSc2n[nH]c(-c3ccccc3)n2)c(F)c1. The van der Waals surface area contributed by atoms with Gasteiger partial charge in [0.05, 0.1) is 11.4 Å². The Bertz CT molecular complexity index is 851. The van der Waals surface area contributed by atoms with Gasteiger partial charge in [0, 0.05) is 5.56 Å². The standard InChI is InChI=1S/C17H15FN4OS/c1-11-7-8-14(13(18)9-11)19-15(23)10-24-17-20-16(21-22-17)12-5-3-2-4-6-12/h2-9H,10H2,1H3,(H,19,23)(H,20,21,22). The van der Waals surface area contributed by atoms with E-state index in [4.69, 9.17) is 0 Å². The van der Waals surface area contributed by atoms with Crippen LogP contribution in [0.3, 0.4) is 0 Å². The van der Waals surface area contributed by atoms with Crippen molar-refractivity contribution in [1.82, 2.24) is 15.2 Å². The number of amides is 1. The van der Waals surface area contributed by atoms with Gasteiger partial charge in [0.15, 0.2) is 5.82 Å². The molecule has 0 aliphatic heterocycles. The van der Waals surface area contributed by atoms with Crippen molar-refractivity contribution in [3.8, 4) is 11.4 Å². The number of hydrogen-bond donors (Lipinski definition) is 2. The molecule has 122 valence electrons. The highest BCUT2D eigenvalue weighted by Gasteiger charge is 2.11. The van der Waals surface area contributed by atoms with Crippen LogP contribution < -0.4 is 5.32 Å². The first-order valence-corrected chi connectivity index (χ1v) is 8.27. The molecule has 3 aromatic rings. The summed E-state index contributed by atoms with van der Waals surface area (Å²) < 4.78 is 13.7. The first-order chi connectivity index (χ1) is 11.6. The van der Waals surface area contributed by atoms with Crippen molar-refractivity contribution in [2.75, 3.05) is 11.1 Å². The van der Waals surface area contributed by atoms with Crippen LogP contribution in [0.2, 0.25) is 0 Å². The molecule has 0 spiro atoms. The molecule has 5 nitrogen and oxygen atoms in total. The molecule has 0 atom stereocenters. The maximum Gasteiger partial charge on any atom is 0.234 e. The Hall–Kier alpha value is -2.67. The quantitative estimate of drug-likeness (QED) is 0.694. The largest absolute Gasteiger partial charge is 0.323 e. The van der Waals surface area contributed by atoms with E-state index in [1.165, 1.54) is 17.8 Å². The number of rotatable bonds is 5. The molecule has 3 rings (SSSR count). The number of carbonyl (C=O) groups is 1. The van der Waals surface area contributed by atoms with Crippen molar-refractivity contribution >= 4 is 23.4 Å². The molecule has 24 heavy (non-hydrogen) atoms. The van der Waals surface area contributed by atoms with Gasteiger partial charge in [-0.3, -0.25) is 9.89 Å². The molecule has 0 unspecified atom stereocenters. The summed E-state index contributed by atoms with van der Waals surface area (Å²) in [7, 11) is 0. The lowest BCUT2D eigenvalue weighted by molar-refractivity contribution is -0.113. The Kier molecular flexibility index (Phi) is 4.90. The van der Waals surface area contributed by atoms with Crippen LogP contribution in [0.1, 0.15) is 5.56 Å². The number of hydrogen-bond acceptors (Lipinski definition) is 4. The van der Waals surface area contributed by atoms with Gasteiger partial charge in [-0.15, -0.1) is 5.10 Å². The van der Waals surface area contributed by atoms with E-state index in [0.717, 1.165) is 11.1 Å². The van der Waals surface area contributed by atoms with E-state index in [-0.39, 0.29) is 17.3 Å². The maximum absolute atomic E-state index is 13.7. The third kappa shape index (κ3) is 3.99. The van der Waals surface area contributed by atoms with Gasteiger partial charge >= 0.3 is 0 Å². The third-order valence-electron chi connectivity index (χ3n) is 3.24. The zero-order chi connectivity index (χ0) is 16.9. The topological polar surface area (TPSA) is 70.7 Å². The minimum Gasteiger partial charge on any atom is -0.323 e. The highest BCUT2D eigenvalue weighted by molar-refractivity contribution is 7.99. The molecular formula is C17H15FN4OS. The molecule has 0 fully saturated rings. The Labute approximate surface area is 142 Å². The van der Waals surface area contributed by atoms with Crippen LogP contribution in [-0.2, 0) is 4.79 Å². The van der Waals surface area contributed by atoms with Crippen molar-refractivity contribution < 1.29 is 9.18 Å². The van der Waals surface area contributed by atoms with Gasteiger partial charge < -0.3 is 5.32 Å². The molecule has 2 N–H and O–H groups in total. The molecule has 0 aliphatic carbocycles. The summed E-state index contributed by atoms with van der Waals surface area (Å²) in [4.78, 5) is 16.3. The van der Waals surface area contributed by atoms with Gasteiger partial charge in [0.1, 0.15) is 5.82 Å². The fraction of sp³-hybridized carbons (Fsp3) is 0.118. The molecule has 1 heterocycles. The normalized spacial score (nSPS) is 10.6. The van der Waals surface area contributed by atoms with Crippen molar-refractivity contribution in [2.45, 2.75) is 12.1 Å². The fourth-order valence-corrected chi connectivity index (χ4v) is 2.67. The lowest BCUT2D eigenvalue weighted by Crippen LogP contribution is -2.15. The van der Waals surface area contributed by atoms with E-state index in [9.17, 15) is 9.18 Å². The van der Waals surface area contributed by atoms with Gasteiger partial charge in [-0.2, -0.15) is 0 Å². The number of halogens is 1. The molecule has 0 saturated carbocycles. The molecular weight excluding hydrogens is 327 g/mol. The average molecular weight is 342 g/mol. The van der Waals surface area contributed by atoms with Crippen LogP contribution in [0.25, 0.3) is 11.4 Å². The van der Waals surface area contributed by atoms with Gasteiger partial charge in [-0.1, -0.05) is 48.2 Å². The zero-order valence-electron chi connectivity index (χ0n) is 12.9. The number of anilines is 1. The van der Waals surface area contributed by atoms with Crippen LogP contribution in [0, 0.1) is 12.7 Å². The van der Waals surface area contributed by atoms with Crippen LogP contribution in [0.5, 0.6) is 0 Å². The average Bonchev–Trinajstić information content (AvgIpc) is 3.05. The summed E-state index contributed by atoms with van der Waals surface area (Å²) in [5.41, 5.74) is 1.89. The second-order valence-corrected chi connectivity index (χ2v) is 6.10. The number of aryl methyl sites for hydroxylation is 1. The number of benzene rings is 2. The van der Waals surface area contributed by atoms with E-state index >= 15 is 0 Å². The summed E-state index contributed by atoms with van der Waals surface area (Å²) in [5.74, 6) is -0.0196. The van der Waals surface area contributed by atoms with Crippen LogP contribution >= 0.6 is 11.8 Å². The predicted octanol–water partition coefficient (Wildman–Crippen LogP) is 3.65. The molecule has 0 aliphatic rings. The van der Waals surface area contributed by atoms with Crippen molar-refractivity contribution in [3.05, 3.63) is 59.9 Å². The number of nitrogens with zero attached hydrogens (tertiary/aromatic N) is 2. The summed E-state index contributed by atoms with van der Waals surface area (Å²) in [6, 6.07) is 14.3. The Morgan fingerprint density at radius 2 is 2.04 bits per heavy atom. The monoisotopic (exact) mass is 342 g/mol. The summed E-state index contributed by atoms with van der Waals surface area (Å²) in [5, 5.41) is 9.92. The molecule has 0 radical (unpaired) electrons. The number of thioether (sulfide) groups is 1. The second-order valence-electron chi connectivity index (χ2n) is 5.15. The van der Waals surface area contributed by atoms with E-state index in [0.29, 0.717) is 11.0 Å². The van der Waals surface area contributed by atoms with Crippen molar-refractivity contribution in [3.63, 3.8) is 0 Å². The summed E-state index contributed by atoms with van der Waals surface area (Å²) in [6.07, 6.45) is 0. The number of carbonyl (C=O) groups excluding carboxylic acids is 1. The maximum atomic E-state index is 13.7. The second kappa shape index (κ2) is 7.27. The summed E-state index contributed by atoms with van der Waals surface area (Å²) in [6.45, 7) is 1.79. The minimum absolute atomic E-state index is 0.0966. The summed E-state index contributed by atoms with van der Waals surface area (Å²) >= 11 is 1.18. The smallest absolute Gasteiger partial charge is 0.234 e. The van der Waals surface area contributed by atoms with E-state index in [2.05, 4.69) is 20.5 Å². The first kappa shape index (κ1) is 16.2. The van der Waals surface area contributed by atoms with Crippen LogP contribution in [-0.4, -0.2) is 26.8 Å². The highest BCUT2D eigenvalue weighted by atomic mass is 32.2. The number of nitrogens with one attached hydrogen (secondary N) is 2. The lowest BCUT2D eigenvalue weighted by atomic mass is 10.2. The number of H-pyrrole nitrogens is 1. The van der Waals surface area contributed by atoms with Crippen LogP contribution in [0.15, 0.2) is 53.7 Å². The number of aromatic nitrogens is 3. The Morgan fingerprint density at radius 1 is 1.25 bits per heavy atom. The minimum atomic E-state index is -0.447. The Balaban J connectivity index is 1.58. The van der Waals surface area contributed by atoms with E-state index in [1.807, 2.05) is 30.3 Å². The molecule has 2 aromatic carbocycles.